The van der Waals surface area contributed by atoms with Crippen molar-refractivity contribution in [2.45, 2.75) is 0 Å². The van der Waals surface area contributed by atoms with Gasteiger partial charge in [-0.3, -0.25) is 4.79 Å². The molecular weight excluding hydrogens is 434 g/mol. The van der Waals surface area contributed by atoms with Crippen LogP contribution in [-0.2, 0) is 0 Å². The first kappa shape index (κ1) is 16.7. The first-order valence-electron chi connectivity index (χ1n) is 7.17. The standard InChI is InChI=1S/C18H13Br2N3O/c19-12-7-9-13(10-8-12)22-17-14(4-3-11-21-17)18(24)23-16-6-2-1-5-15(16)20/h1-11H,(H,21,22)(H,23,24). The number of rotatable bonds is 4. The molecule has 6 heteroatoms. The van der Waals surface area contributed by atoms with E-state index in [1.54, 1.807) is 18.3 Å². The van der Waals surface area contributed by atoms with E-state index in [-0.39, 0.29) is 5.91 Å². The van der Waals surface area contributed by atoms with Gasteiger partial charge in [0.2, 0.25) is 0 Å². The van der Waals surface area contributed by atoms with Crippen LogP contribution in [-0.4, -0.2) is 10.9 Å². The monoisotopic (exact) mass is 445 g/mol. The zero-order chi connectivity index (χ0) is 16.9. The van der Waals surface area contributed by atoms with E-state index >= 15 is 0 Å². The molecule has 2 N–H and O–H groups in total. The molecule has 0 fully saturated rings. The maximum atomic E-state index is 12.6. The van der Waals surface area contributed by atoms with E-state index in [9.17, 15) is 4.79 Å². The van der Waals surface area contributed by atoms with Crippen molar-refractivity contribution in [3.63, 3.8) is 0 Å². The summed E-state index contributed by atoms with van der Waals surface area (Å²) >= 11 is 6.83. The molecule has 0 spiro atoms. The lowest BCUT2D eigenvalue weighted by Crippen LogP contribution is -2.15. The molecule has 0 aliphatic heterocycles. The molecule has 4 nitrogen and oxygen atoms in total. The predicted octanol–water partition coefficient (Wildman–Crippen LogP) is 5.60. The van der Waals surface area contributed by atoms with Crippen LogP contribution in [0, 0.1) is 0 Å². The number of benzene rings is 2. The van der Waals surface area contributed by atoms with Gasteiger partial charge in [0, 0.05) is 20.8 Å². The molecule has 3 aromatic rings. The van der Waals surface area contributed by atoms with Crippen LogP contribution in [0.2, 0.25) is 0 Å². The lowest BCUT2D eigenvalue weighted by Gasteiger charge is -2.12. The third kappa shape index (κ3) is 4.01. The van der Waals surface area contributed by atoms with Gasteiger partial charge in [0.25, 0.3) is 5.91 Å². The average molecular weight is 447 g/mol. The highest BCUT2D eigenvalue weighted by molar-refractivity contribution is 9.10. The highest BCUT2D eigenvalue weighted by atomic mass is 79.9. The number of hydrogen-bond acceptors (Lipinski definition) is 3. The average Bonchev–Trinajstić information content (AvgIpc) is 2.59. The Morgan fingerprint density at radius 1 is 0.917 bits per heavy atom. The SMILES string of the molecule is O=C(Nc1ccccc1Br)c1cccnc1Nc1ccc(Br)cc1. The summed E-state index contributed by atoms with van der Waals surface area (Å²) in [6.07, 6.45) is 1.65. The zero-order valence-corrected chi connectivity index (χ0v) is 15.6. The van der Waals surface area contributed by atoms with Gasteiger partial charge < -0.3 is 10.6 Å². The van der Waals surface area contributed by atoms with Gasteiger partial charge in [0.15, 0.2) is 0 Å². The zero-order valence-electron chi connectivity index (χ0n) is 12.5. The minimum Gasteiger partial charge on any atom is -0.340 e. The quantitative estimate of drug-likeness (QED) is 0.548. The van der Waals surface area contributed by atoms with Crippen LogP contribution in [0.25, 0.3) is 0 Å². The Bertz CT molecular complexity index is 866. The number of hydrogen-bond donors (Lipinski definition) is 2. The molecule has 0 radical (unpaired) electrons. The lowest BCUT2D eigenvalue weighted by atomic mass is 10.2. The number of anilines is 3. The van der Waals surface area contributed by atoms with Crippen molar-refractivity contribution in [1.29, 1.82) is 0 Å². The molecule has 3 rings (SSSR count). The topological polar surface area (TPSA) is 54.0 Å². The second-order valence-electron chi connectivity index (χ2n) is 4.97. The molecule has 2 aromatic carbocycles. The molecule has 0 saturated heterocycles. The third-order valence-electron chi connectivity index (χ3n) is 3.28. The van der Waals surface area contributed by atoms with E-state index in [2.05, 4.69) is 47.5 Å². The fourth-order valence-corrected chi connectivity index (χ4v) is 2.76. The van der Waals surface area contributed by atoms with E-state index in [0.717, 1.165) is 14.6 Å². The van der Waals surface area contributed by atoms with Gasteiger partial charge >= 0.3 is 0 Å². The Morgan fingerprint density at radius 3 is 2.42 bits per heavy atom. The van der Waals surface area contributed by atoms with Crippen LogP contribution in [0.4, 0.5) is 17.2 Å². The highest BCUT2D eigenvalue weighted by Gasteiger charge is 2.13. The molecule has 0 aliphatic rings. The normalized spacial score (nSPS) is 10.2. The molecule has 0 aliphatic carbocycles. The van der Waals surface area contributed by atoms with E-state index < -0.39 is 0 Å². The maximum Gasteiger partial charge on any atom is 0.259 e. The van der Waals surface area contributed by atoms with Crippen LogP contribution in [0.5, 0.6) is 0 Å². The Labute approximate surface area is 156 Å². The molecule has 0 atom stereocenters. The first-order chi connectivity index (χ1) is 11.6. The molecule has 0 unspecified atom stereocenters. The van der Waals surface area contributed by atoms with E-state index in [1.165, 1.54) is 0 Å². The molecule has 120 valence electrons. The van der Waals surface area contributed by atoms with Crippen LogP contribution in [0.3, 0.4) is 0 Å². The summed E-state index contributed by atoms with van der Waals surface area (Å²) in [6.45, 7) is 0. The molecule has 0 saturated carbocycles. The summed E-state index contributed by atoms with van der Waals surface area (Å²) in [7, 11) is 0. The number of carbonyl (C=O) groups excluding carboxylic acids is 1. The summed E-state index contributed by atoms with van der Waals surface area (Å²) in [5.74, 6) is 0.277. The number of nitrogens with zero attached hydrogens (tertiary/aromatic N) is 1. The first-order valence-corrected chi connectivity index (χ1v) is 8.75. The number of halogens is 2. The lowest BCUT2D eigenvalue weighted by molar-refractivity contribution is 0.102. The summed E-state index contributed by atoms with van der Waals surface area (Å²) in [5.41, 5.74) is 2.03. The summed E-state index contributed by atoms with van der Waals surface area (Å²) < 4.78 is 1.81. The van der Waals surface area contributed by atoms with Gasteiger partial charge in [-0.2, -0.15) is 0 Å². The van der Waals surface area contributed by atoms with Crippen molar-refractivity contribution >= 4 is 55.0 Å². The van der Waals surface area contributed by atoms with E-state index in [1.807, 2.05) is 48.5 Å². The van der Waals surface area contributed by atoms with Crippen molar-refractivity contribution < 1.29 is 4.79 Å². The Balaban J connectivity index is 1.84. The number of amides is 1. The van der Waals surface area contributed by atoms with Crippen molar-refractivity contribution in [3.8, 4) is 0 Å². The third-order valence-corrected chi connectivity index (χ3v) is 4.50. The van der Waals surface area contributed by atoms with E-state index in [0.29, 0.717) is 17.1 Å². The molecule has 1 amide bonds. The minimum absolute atomic E-state index is 0.227. The maximum absolute atomic E-state index is 12.6. The Kier molecular flexibility index (Phi) is 5.27. The van der Waals surface area contributed by atoms with Crippen molar-refractivity contribution in [3.05, 3.63) is 81.4 Å². The molecule has 1 heterocycles. The fraction of sp³-hybridized carbons (Fsp3) is 0. The molecular formula is C18H13Br2N3O. The van der Waals surface area contributed by atoms with E-state index in [4.69, 9.17) is 0 Å². The highest BCUT2D eigenvalue weighted by Crippen LogP contribution is 2.24. The summed E-state index contributed by atoms with van der Waals surface area (Å²) in [4.78, 5) is 16.9. The van der Waals surface area contributed by atoms with Gasteiger partial charge in [-0.1, -0.05) is 28.1 Å². The smallest absolute Gasteiger partial charge is 0.259 e. The number of nitrogens with one attached hydrogen (secondary N) is 2. The fourth-order valence-electron chi connectivity index (χ4n) is 2.11. The van der Waals surface area contributed by atoms with Crippen LogP contribution >= 0.6 is 31.9 Å². The van der Waals surface area contributed by atoms with Gasteiger partial charge in [0.05, 0.1) is 11.3 Å². The number of carbonyl (C=O) groups is 1. The molecule has 24 heavy (non-hydrogen) atoms. The number of aromatic nitrogens is 1. The van der Waals surface area contributed by atoms with Gasteiger partial charge in [0.1, 0.15) is 5.82 Å². The van der Waals surface area contributed by atoms with Crippen molar-refractivity contribution in [1.82, 2.24) is 4.98 Å². The second kappa shape index (κ2) is 7.59. The van der Waals surface area contributed by atoms with Gasteiger partial charge in [-0.15, -0.1) is 0 Å². The second-order valence-corrected chi connectivity index (χ2v) is 6.74. The Morgan fingerprint density at radius 2 is 1.67 bits per heavy atom. The van der Waals surface area contributed by atoms with Crippen molar-refractivity contribution in [2.75, 3.05) is 10.6 Å². The van der Waals surface area contributed by atoms with Crippen LogP contribution < -0.4 is 10.6 Å². The largest absolute Gasteiger partial charge is 0.340 e. The molecule has 0 bridgehead atoms. The molecule has 1 aromatic heterocycles. The Hall–Kier alpha value is -2.18. The summed E-state index contributed by atoms with van der Waals surface area (Å²) in [6, 6.07) is 18.6. The van der Waals surface area contributed by atoms with Gasteiger partial charge in [-0.25, -0.2) is 4.98 Å². The summed E-state index contributed by atoms with van der Waals surface area (Å²) in [5, 5.41) is 6.07. The number of pyridine rings is 1. The van der Waals surface area contributed by atoms with Crippen LogP contribution in [0.15, 0.2) is 75.8 Å². The van der Waals surface area contributed by atoms with Gasteiger partial charge in [-0.05, 0) is 64.5 Å². The minimum atomic E-state index is -0.227. The number of para-hydroxylation sites is 1. The predicted molar refractivity (Wildman–Crippen MR) is 104 cm³/mol. The van der Waals surface area contributed by atoms with Crippen molar-refractivity contribution in [2.24, 2.45) is 0 Å². The van der Waals surface area contributed by atoms with Crippen LogP contribution in [0.1, 0.15) is 10.4 Å².